The first-order valence-corrected chi connectivity index (χ1v) is 8.59. The quantitative estimate of drug-likeness (QED) is 0.557. The van der Waals surface area contributed by atoms with Gasteiger partial charge in [0.1, 0.15) is 17.4 Å². The van der Waals surface area contributed by atoms with E-state index in [9.17, 15) is 10.1 Å². The van der Waals surface area contributed by atoms with Crippen molar-refractivity contribution in [2.45, 2.75) is 6.54 Å². The molecule has 4 nitrogen and oxygen atoms in total. The molecule has 0 aliphatic rings. The summed E-state index contributed by atoms with van der Waals surface area (Å²) in [4.78, 5) is 13.4. The predicted octanol–water partition coefficient (Wildman–Crippen LogP) is 4.13. The van der Waals surface area contributed by atoms with E-state index in [1.54, 1.807) is 24.5 Å². The van der Waals surface area contributed by atoms with E-state index in [2.05, 4.69) is 5.32 Å². The molecule has 1 heterocycles. The van der Waals surface area contributed by atoms with Crippen LogP contribution in [0.3, 0.4) is 0 Å². The number of thiophene rings is 1. The standard InChI is InChI=1S/C20H16N2O2S/c1-24-19-9-8-14(17-6-2-3-7-18(17)19)11-15(12-21)20(23)22-13-16-5-4-10-25-16/h2-11H,13H2,1H3,(H,22,23)/b15-11+. The van der Waals surface area contributed by atoms with E-state index >= 15 is 0 Å². The summed E-state index contributed by atoms with van der Waals surface area (Å²) in [6.07, 6.45) is 1.62. The van der Waals surface area contributed by atoms with Crippen LogP contribution in [0, 0.1) is 11.3 Å². The lowest BCUT2D eigenvalue weighted by Crippen LogP contribution is -2.23. The summed E-state index contributed by atoms with van der Waals surface area (Å²) >= 11 is 1.56. The van der Waals surface area contributed by atoms with Gasteiger partial charge in [0.25, 0.3) is 5.91 Å². The van der Waals surface area contributed by atoms with Crippen LogP contribution in [0.2, 0.25) is 0 Å². The van der Waals surface area contributed by atoms with Gasteiger partial charge in [-0.25, -0.2) is 0 Å². The third kappa shape index (κ3) is 3.70. The van der Waals surface area contributed by atoms with E-state index in [1.807, 2.05) is 60.0 Å². The molecule has 2 aromatic carbocycles. The van der Waals surface area contributed by atoms with E-state index in [4.69, 9.17) is 4.74 Å². The summed E-state index contributed by atoms with van der Waals surface area (Å²) in [6.45, 7) is 0.416. The Balaban J connectivity index is 1.91. The summed E-state index contributed by atoms with van der Waals surface area (Å²) in [6, 6.07) is 17.3. The number of carbonyl (C=O) groups excluding carboxylic acids is 1. The molecular weight excluding hydrogens is 332 g/mol. The van der Waals surface area contributed by atoms with Gasteiger partial charge in [0.15, 0.2) is 0 Å². The Kier molecular flexibility index (Phi) is 5.12. The van der Waals surface area contributed by atoms with Crippen LogP contribution in [0.25, 0.3) is 16.8 Å². The van der Waals surface area contributed by atoms with Gasteiger partial charge in [0.2, 0.25) is 0 Å². The summed E-state index contributed by atoms with van der Waals surface area (Å²) in [5.41, 5.74) is 0.881. The number of benzene rings is 2. The molecule has 3 rings (SSSR count). The number of hydrogen-bond acceptors (Lipinski definition) is 4. The lowest BCUT2D eigenvalue weighted by Gasteiger charge is -2.08. The maximum Gasteiger partial charge on any atom is 0.262 e. The van der Waals surface area contributed by atoms with E-state index in [0.717, 1.165) is 27.0 Å². The van der Waals surface area contributed by atoms with Crippen molar-refractivity contribution in [1.82, 2.24) is 5.32 Å². The molecule has 0 aliphatic heterocycles. The zero-order chi connectivity index (χ0) is 17.6. The van der Waals surface area contributed by atoms with Crippen molar-refractivity contribution in [2.75, 3.05) is 7.11 Å². The number of methoxy groups -OCH3 is 1. The van der Waals surface area contributed by atoms with Crippen LogP contribution < -0.4 is 10.1 Å². The fourth-order valence-electron chi connectivity index (χ4n) is 2.58. The number of fused-ring (bicyclic) bond motifs is 1. The largest absolute Gasteiger partial charge is 0.496 e. The Morgan fingerprint density at radius 3 is 2.68 bits per heavy atom. The molecule has 3 aromatic rings. The third-order valence-electron chi connectivity index (χ3n) is 3.81. The van der Waals surface area contributed by atoms with Crippen LogP contribution in [0.1, 0.15) is 10.4 Å². The SMILES string of the molecule is COc1ccc(/C=C(\C#N)C(=O)NCc2cccs2)c2ccccc12. The van der Waals surface area contributed by atoms with Crippen LogP contribution in [0.4, 0.5) is 0 Å². The van der Waals surface area contributed by atoms with Gasteiger partial charge < -0.3 is 10.1 Å². The van der Waals surface area contributed by atoms with Gasteiger partial charge in [-0.05, 0) is 34.5 Å². The Hall–Kier alpha value is -3.10. The van der Waals surface area contributed by atoms with Crippen LogP contribution in [-0.2, 0) is 11.3 Å². The Bertz CT molecular complexity index is 969. The maximum absolute atomic E-state index is 12.3. The Labute approximate surface area is 150 Å². The number of ether oxygens (including phenoxy) is 1. The molecule has 0 bridgehead atoms. The molecule has 0 radical (unpaired) electrons. The van der Waals surface area contributed by atoms with Gasteiger partial charge in [0, 0.05) is 10.3 Å². The van der Waals surface area contributed by atoms with E-state index in [-0.39, 0.29) is 11.5 Å². The monoisotopic (exact) mass is 348 g/mol. The number of amides is 1. The van der Waals surface area contributed by atoms with Crippen molar-refractivity contribution < 1.29 is 9.53 Å². The summed E-state index contributed by atoms with van der Waals surface area (Å²) in [5.74, 6) is 0.379. The molecule has 0 saturated heterocycles. The molecule has 1 N–H and O–H groups in total. The van der Waals surface area contributed by atoms with Crippen molar-refractivity contribution in [3.63, 3.8) is 0 Å². The highest BCUT2D eigenvalue weighted by molar-refractivity contribution is 7.09. The number of nitrogens with one attached hydrogen (secondary N) is 1. The second kappa shape index (κ2) is 7.65. The first-order valence-electron chi connectivity index (χ1n) is 7.71. The topological polar surface area (TPSA) is 62.1 Å². The van der Waals surface area contributed by atoms with Crippen LogP contribution >= 0.6 is 11.3 Å². The molecule has 5 heteroatoms. The maximum atomic E-state index is 12.3. The second-order valence-corrected chi connectivity index (χ2v) is 6.37. The normalized spacial score (nSPS) is 11.1. The average molecular weight is 348 g/mol. The van der Waals surface area contributed by atoms with Crippen molar-refractivity contribution in [2.24, 2.45) is 0 Å². The smallest absolute Gasteiger partial charge is 0.262 e. The summed E-state index contributed by atoms with van der Waals surface area (Å²) in [7, 11) is 1.62. The molecule has 124 valence electrons. The molecule has 0 saturated carbocycles. The minimum Gasteiger partial charge on any atom is -0.496 e. The molecule has 1 aromatic heterocycles. The molecule has 25 heavy (non-hydrogen) atoms. The highest BCUT2D eigenvalue weighted by Gasteiger charge is 2.11. The van der Waals surface area contributed by atoms with Gasteiger partial charge in [-0.1, -0.05) is 36.4 Å². The summed E-state index contributed by atoms with van der Waals surface area (Å²) < 4.78 is 5.38. The van der Waals surface area contributed by atoms with Crippen molar-refractivity contribution in [3.8, 4) is 11.8 Å². The van der Waals surface area contributed by atoms with Crippen molar-refractivity contribution >= 4 is 34.1 Å². The first-order chi connectivity index (χ1) is 12.2. The van der Waals surface area contributed by atoms with Crippen LogP contribution in [-0.4, -0.2) is 13.0 Å². The van der Waals surface area contributed by atoms with Crippen LogP contribution in [0.15, 0.2) is 59.5 Å². The van der Waals surface area contributed by atoms with Crippen molar-refractivity contribution in [1.29, 1.82) is 5.26 Å². The van der Waals surface area contributed by atoms with E-state index in [1.165, 1.54) is 0 Å². The minimum atomic E-state index is -0.379. The van der Waals surface area contributed by atoms with Crippen LogP contribution in [0.5, 0.6) is 5.75 Å². The number of nitrogens with zero attached hydrogens (tertiary/aromatic N) is 1. The fourth-order valence-corrected chi connectivity index (χ4v) is 3.22. The lowest BCUT2D eigenvalue weighted by atomic mass is 10.0. The second-order valence-electron chi connectivity index (χ2n) is 5.33. The number of hydrogen-bond donors (Lipinski definition) is 1. The third-order valence-corrected chi connectivity index (χ3v) is 4.68. The van der Waals surface area contributed by atoms with E-state index in [0.29, 0.717) is 6.54 Å². The molecular formula is C20H16N2O2S. The molecule has 0 aliphatic carbocycles. The van der Waals surface area contributed by atoms with Crippen molar-refractivity contribution in [3.05, 3.63) is 69.9 Å². The van der Waals surface area contributed by atoms with E-state index < -0.39 is 0 Å². The number of carbonyl (C=O) groups is 1. The summed E-state index contributed by atoms with van der Waals surface area (Å²) in [5, 5.41) is 16.0. The highest BCUT2D eigenvalue weighted by Crippen LogP contribution is 2.29. The van der Waals surface area contributed by atoms with Gasteiger partial charge in [-0.15, -0.1) is 11.3 Å². The number of rotatable bonds is 5. The molecule has 0 spiro atoms. The lowest BCUT2D eigenvalue weighted by molar-refractivity contribution is -0.117. The number of nitriles is 1. The Morgan fingerprint density at radius 1 is 1.20 bits per heavy atom. The zero-order valence-electron chi connectivity index (χ0n) is 13.7. The Morgan fingerprint density at radius 2 is 2.00 bits per heavy atom. The zero-order valence-corrected chi connectivity index (χ0v) is 14.5. The molecule has 0 unspecified atom stereocenters. The van der Waals surface area contributed by atoms with Gasteiger partial charge in [-0.3, -0.25) is 4.79 Å². The fraction of sp³-hybridized carbons (Fsp3) is 0.100. The molecule has 1 amide bonds. The van der Waals surface area contributed by atoms with Gasteiger partial charge >= 0.3 is 0 Å². The minimum absolute atomic E-state index is 0.0758. The highest BCUT2D eigenvalue weighted by atomic mass is 32.1. The van der Waals surface area contributed by atoms with Gasteiger partial charge in [0.05, 0.1) is 13.7 Å². The van der Waals surface area contributed by atoms with Gasteiger partial charge in [-0.2, -0.15) is 5.26 Å². The average Bonchev–Trinajstić information content (AvgIpc) is 3.17. The molecule has 0 atom stereocenters. The predicted molar refractivity (Wildman–Crippen MR) is 100 cm³/mol. The first kappa shape index (κ1) is 16.7. The molecule has 0 fully saturated rings.